The number of halogens is 1. The zero-order valence-corrected chi connectivity index (χ0v) is 7.77. The molecule has 0 spiro atoms. The van der Waals surface area contributed by atoms with Crippen molar-refractivity contribution in [2.75, 3.05) is 0 Å². The lowest BCUT2D eigenvalue weighted by Gasteiger charge is -1.90. The van der Waals surface area contributed by atoms with Crippen LogP contribution >= 0.6 is 11.6 Å². The van der Waals surface area contributed by atoms with Crippen LogP contribution in [-0.2, 0) is 11.2 Å². The number of hydrogen-bond donors (Lipinski definition) is 1. The fourth-order valence-electron chi connectivity index (χ4n) is 1.17. The maximum atomic E-state index is 10.4. The molecule has 0 bridgehead atoms. The molecule has 6 heteroatoms. The number of aliphatic carboxylic acids is 1. The molecule has 0 radical (unpaired) electrons. The molecule has 0 amide bonds. The molecule has 14 heavy (non-hydrogen) atoms. The lowest BCUT2D eigenvalue weighted by atomic mass is 10.3. The second kappa shape index (κ2) is 3.26. The Hall–Kier alpha value is -1.62. The Morgan fingerprint density at radius 1 is 1.57 bits per heavy atom. The summed E-state index contributed by atoms with van der Waals surface area (Å²) < 4.78 is 1.65. The maximum absolute atomic E-state index is 10.4. The summed E-state index contributed by atoms with van der Waals surface area (Å²) in [6, 6.07) is 0. The number of rotatable bonds is 2. The van der Waals surface area contributed by atoms with Gasteiger partial charge in [-0.25, -0.2) is 9.97 Å². The van der Waals surface area contributed by atoms with Crippen molar-refractivity contribution in [2.45, 2.75) is 6.42 Å². The van der Waals surface area contributed by atoms with Crippen molar-refractivity contribution in [1.29, 1.82) is 0 Å². The van der Waals surface area contributed by atoms with Crippen LogP contribution < -0.4 is 0 Å². The summed E-state index contributed by atoms with van der Waals surface area (Å²) in [6.45, 7) is 0. The van der Waals surface area contributed by atoms with Crippen LogP contribution in [0.25, 0.3) is 5.65 Å². The molecule has 2 aromatic heterocycles. The highest BCUT2D eigenvalue weighted by Gasteiger charge is 2.06. The van der Waals surface area contributed by atoms with Crippen LogP contribution in [0.5, 0.6) is 0 Å². The minimum Gasteiger partial charge on any atom is -0.481 e. The Morgan fingerprint density at radius 3 is 3.07 bits per heavy atom. The van der Waals surface area contributed by atoms with Crippen LogP contribution in [0.2, 0.25) is 5.15 Å². The normalized spacial score (nSPS) is 10.6. The van der Waals surface area contributed by atoms with Crippen LogP contribution in [0.4, 0.5) is 0 Å². The molecule has 0 unspecified atom stereocenters. The third-order valence-corrected chi connectivity index (χ3v) is 1.89. The number of hydrogen-bond acceptors (Lipinski definition) is 3. The van der Waals surface area contributed by atoms with E-state index in [-0.39, 0.29) is 6.42 Å². The molecule has 1 N–H and O–H groups in total. The molecule has 0 atom stereocenters. The van der Waals surface area contributed by atoms with Crippen molar-refractivity contribution in [3.8, 4) is 0 Å². The largest absolute Gasteiger partial charge is 0.481 e. The van der Waals surface area contributed by atoms with Crippen LogP contribution in [0.3, 0.4) is 0 Å². The van der Waals surface area contributed by atoms with Crippen molar-refractivity contribution in [3.05, 3.63) is 29.4 Å². The third kappa shape index (κ3) is 1.67. The summed E-state index contributed by atoms with van der Waals surface area (Å²) in [7, 11) is 0. The second-order valence-corrected chi connectivity index (χ2v) is 3.17. The van der Waals surface area contributed by atoms with Gasteiger partial charge in [-0.3, -0.25) is 4.79 Å². The van der Waals surface area contributed by atoms with E-state index in [1.165, 1.54) is 6.20 Å². The molecule has 2 heterocycles. The standard InChI is InChI=1S/C8H6ClN3O2/c9-6-4-12-3-5(1-8(13)14)11-7(12)2-10-6/h2-4H,1H2,(H,13,14). The average Bonchev–Trinajstić information content (AvgIpc) is 2.44. The molecule has 0 aromatic carbocycles. The highest BCUT2D eigenvalue weighted by molar-refractivity contribution is 6.29. The Balaban J connectivity index is 2.46. The number of aromatic nitrogens is 3. The fraction of sp³-hybridized carbons (Fsp3) is 0.125. The van der Waals surface area contributed by atoms with Crippen molar-refractivity contribution in [3.63, 3.8) is 0 Å². The van der Waals surface area contributed by atoms with Crippen molar-refractivity contribution in [1.82, 2.24) is 14.4 Å². The molecule has 0 fully saturated rings. The number of imidazole rings is 1. The monoisotopic (exact) mass is 211 g/mol. The van der Waals surface area contributed by atoms with E-state index in [4.69, 9.17) is 16.7 Å². The van der Waals surface area contributed by atoms with Gasteiger partial charge in [0.2, 0.25) is 0 Å². The van der Waals surface area contributed by atoms with Crippen LogP contribution in [0, 0.1) is 0 Å². The first-order valence-electron chi connectivity index (χ1n) is 3.86. The van der Waals surface area contributed by atoms with E-state index >= 15 is 0 Å². The number of carboxylic acid groups (broad SMARTS) is 1. The van der Waals surface area contributed by atoms with Crippen molar-refractivity contribution in [2.24, 2.45) is 0 Å². The summed E-state index contributed by atoms with van der Waals surface area (Å²) in [5, 5.41) is 8.90. The number of nitrogens with zero attached hydrogens (tertiary/aromatic N) is 3. The molecule has 0 aliphatic rings. The number of carboxylic acids is 1. The van der Waals surface area contributed by atoms with E-state index in [1.54, 1.807) is 16.8 Å². The van der Waals surface area contributed by atoms with Gasteiger partial charge in [-0.05, 0) is 0 Å². The van der Waals surface area contributed by atoms with Crippen LogP contribution in [0.1, 0.15) is 5.69 Å². The van der Waals surface area contributed by atoms with E-state index in [1.807, 2.05) is 0 Å². The highest BCUT2D eigenvalue weighted by Crippen LogP contribution is 2.08. The minimum atomic E-state index is -0.910. The van der Waals surface area contributed by atoms with E-state index in [0.29, 0.717) is 16.5 Å². The molecule has 0 saturated heterocycles. The molecular formula is C8H6ClN3O2. The molecule has 0 aliphatic carbocycles. The van der Waals surface area contributed by atoms with Crippen molar-refractivity contribution >= 4 is 23.2 Å². The third-order valence-electron chi connectivity index (χ3n) is 1.69. The quantitative estimate of drug-likeness (QED) is 0.805. The molecule has 0 aliphatic heterocycles. The zero-order chi connectivity index (χ0) is 10.1. The van der Waals surface area contributed by atoms with Gasteiger partial charge in [0, 0.05) is 12.4 Å². The van der Waals surface area contributed by atoms with E-state index < -0.39 is 5.97 Å². The number of fused-ring (bicyclic) bond motifs is 1. The van der Waals surface area contributed by atoms with Gasteiger partial charge in [0.1, 0.15) is 5.15 Å². The van der Waals surface area contributed by atoms with E-state index in [0.717, 1.165) is 0 Å². The first-order valence-corrected chi connectivity index (χ1v) is 4.24. The molecule has 0 saturated carbocycles. The molecule has 2 aromatic rings. The minimum absolute atomic E-state index is 0.0979. The van der Waals surface area contributed by atoms with Gasteiger partial charge < -0.3 is 9.51 Å². The molecule has 5 nitrogen and oxygen atoms in total. The van der Waals surface area contributed by atoms with Gasteiger partial charge in [0.05, 0.1) is 18.3 Å². The number of carbonyl (C=O) groups is 1. The van der Waals surface area contributed by atoms with Gasteiger partial charge in [0.25, 0.3) is 0 Å². The Bertz CT molecular complexity index is 494. The molecular weight excluding hydrogens is 206 g/mol. The van der Waals surface area contributed by atoms with E-state index in [2.05, 4.69) is 9.97 Å². The lowest BCUT2D eigenvalue weighted by Crippen LogP contribution is -1.99. The highest BCUT2D eigenvalue weighted by atomic mass is 35.5. The predicted octanol–water partition coefficient (Wildman–Crippen LogP) is 1.01. The first kappa shape index (κ1) is 8.96. The summed E-state index contributed by atoms with van der Waals surface area (Å²) in [6.07, 6.45) is 4.60. The van der Waals surface area contributed by atoms with Gasteiger partial charge in [-0.15, -0.1) is 0 Å². The summed E-state index contributed by atoms with van der Waals surface area (Å²) in [4.78, 5) is 18.3. The first-order chi connectivity index (χ1) is 6.65. The Labute approximate surface area is 84.0 Å². The molecule has 72 valence electrons. The van der Waals surface area contributed by atoms with Gasteiger partial charge in [-0.1, -0.05) is 11.6 Å². The van der Waals surface area contributed by atoms with Crippen LogP contribution in [0.15, 0.2) is 18.6 Å². The summed E-state index contributed by atoms with van der Waals surface area (Å²) in [5.41, 5.74) is 1.08. The summed E-state index contributed by atoms with van der Waals surface area (Å²) >= 11 is 5.66. The van der Waals surface area contributed by atoms with Crippen LogP contribution in [-0.4, -0.2) is 25.4 Å². The summed E-state index contributed by atoms with van der Waals surface area (Å²) in [5.74, 6) is -0.910. The van der Waals surface area contributed by atoms with Gasteiger partial charge in [0.15, 0.2) is 5.65 Å². The fourth-order valence-corrected chi connectivity index (χ4v) is 1.32. The smallest absolute Gasteiger partial charge is 0.309 e. The predicted molar refractivity (Wildman–Crippen MR) is 49.3 cm³/mol. The SMILES string of the molecule is O=C(O)Cc1cn2cc(Cl)ncc2n1. The zero-order valence-electron chi connectivity index (χ0n) is 7.01. The lowest BCUT2D eigenvalue weighted by molar-refractivity contribution is -0.136. The van der Waals surface area contributed by atoms with Gasteiger partial charge >= 0.3 is 5.97 Å². The Morgan fingerprint density at radius 2 is 2.36 bits per heavy atom. The topological polar surface area (TPSA) is 67.5 Å². The van der Waals surface area contributed by atoms with Gasteiger partial charge in [-0.2, -0.15) is 0 Å². The molecule has 2 rings (SSSR count). The van der Waals surface area contributed by atoms with E-state index in [9.17, 15) is 4.79 Å². The van der Waals surface area contributed by atoms with Crippen molar-refractivity contribution < 1.29 is 9.90 Å². The second-order valence-electron chi connectivity index (χ2n) is 2.78. The Kier molecular flexibility index (Phi) is 2.09. The maximum Gasteiger partial charge on any atom is 0.309 e. The average molecular weight is 212 g/mol.